The molecule has 7 N–H and O–H groups in total. The van der Waals surface area contributed by atoms with E-state index in [1.165, 1.54) is 26.8 Å². The molecule has 12 heteroatoms. The van der Waals surface area contributed by atoms with Gasteiger partial charge in [-0.2, -0.15) is 33.4 Å². The predicted molar refractivity (Wildman–Crippen MR) is 284 cm³/mol. The van der Waals surface area contributed by atoms with Crippen molar-refractivity contribution in [3.8, 4) is 0 Å². The lowest BCUT2D eigenvalue weighted by Crippen LogP contribution is -2.49. The van der Waals surface area contributed by atoms with E-state index < -0.39 is 43.3 Å². The second kappa shape index (κ2) is 20.4. The first kappa shape index (κ1) is 53.1. The van der Waals surface area contributed by atoms with E-state index in [1.54, 1.807) is 0 Å². The highest BCUT2D eigenvalue weighted by Crippen LogP contribution is 2.50. The number of hydrogen-bond acceptors (Lipinski definition) is 12. The van der Waals surface area contributed by atoms with Crippen LogP contribution in [0.4, 0.5) is 0 Å². The van der Waals surface area contributed by atoms with Crippen LogP contribution in [-0.2, 0) is 51.2 Å². The zero-order valence-electron chi connectivity index (χ0n) is 42.2. The molecule has 0 bridgehead atoms. The Morgan fingerprint density at radius 1 is 0.657 bits per heavy atom. The molecule has 4 atom stereocenters. The lowest BCUT2D eigenvalue weighted by atomic mass is 9.84. The van der Waals surface area contributed by atoms with E-state index in [2.05, 4.69) is 61.6 Å². The number of nitrogens with one attached hydrogen (secondary N) is 2. The van der Waals surface area contributed by atoms with Crippen LogP contribution < -0.4 is 11.1 Å². The summed E-state index contributed by atoms with van der Waals surface area (Å²) >= 11 is 4.87. The van der Waals surface area contributed by atoms with Gasteiger partial charge in [0.05, 0.1) is 39.6 Å². The molecular weight excluding hydrogens is 911 g/mol. The predicted octanol–water partition coefficient (Wildman–Crippen LogP) is 11.7. The summed E-state index contributed by atoms with van der Waals surface area (Å²) in [5, 5.41) is 38.5. The number of nitrogens with zero attached hydrogens (tertiary/aromatic N) is 2. The van der Waals surface area contributed by atoms with E-state index in [9.17, 15) is 19.7 Å². The smallest absolute Gasteiger partial charge is 0.106 e. The number of epoxide rings is 1. The molecule has 10 nitrogen and oxygen atoms in total. The van der Waals surface area contributed by atoms with Crippen molar-refractivity contribution < 1.29 is 24.5 Å². The highest BCUT2D eigenvalue weighted by Gasteiger charge is 2.50. The van der Waals surface area contributed by atoms with Crippen LogP contribution in [0.3, 0.4) is 0 Å². The molecule has 6 aromatic carbocycles. The summed E-state index contributed by atoms with van der Waals surface area (Å²) in [5.74, 6) is 0. The number of nitrogens with two attached hydrogens (primary N) is 1. The number of aliphatic hydroxyl groups is 1. The van der Waals surface area contributed by atoms with Crippen LogP contribution in [0.2, 0.25) is 0 Å². The van der Waals surface area contributed by atoms with Gasteiger partial charge in [-0.05, 0) is 112 Å². The Kier molecular flexibility index (Phi) is 15.5. The molecule has 0 aromatic heterocycles. The normalized spacial score (nSPS) is 19.9. The number of thiol groups is 1. The summed E-state index contributed by atoms with van der Waals surface area (Å²) in [5.41, 5.74) is 14.6. The fourth-order valence-electron chi connectivity index (χ4n) is 10.7. The third-order valence-electron chi connectivity index (χ3n) is 14.9. The fourth-order valence-corrected chi connectivity index (χ4v) is 12.1. The number of hydrogen-bond donors (Lipinski definition) is 7. The van der Waals surface area contributed by atoms with Crippen molar-refractivity contribution in [2.45, 2.75) is 125 Å². The van der Waals surface area contributed by atoms with E-state index in [0.29, 0.717) is 0 Å². The average Bonchev–Trinajstić information content (AvgIpc) is 4.19. The van der Waals surface area contributed by atoms with Crippen molar-refractivity contribution in [1.29, 1.82) is 4.78 Å². The molecule has 0 aliphatic carbocycles. The van der Waals surface area contributed by atoms with Crippen LogP contribution in [0.15, 0.2) is 158 Å². The van der Waals surface area contributed by atoms with Gasteiger partial charge in [0.15, 0.2) is 0 Å². The standard InChI is InChI=1S/C29H36N3O3S.C15H17NS.C14H19NO2/c1-20(29(36(30)35,22-12-8-6-9-13-22)23-14-10-7-11-15-23)31-19-26(33)21-16-17-24-25(18-21)28(4,5)32(34)27(24,2)3;1-12(16)15(17,13-8-4-2-5-9-13)14-10-6-3-7-11-14;1-13(2)10-6-5-9(12-8-17-12)7-11(10)14(3,4)15(13)16/h6-18,20,26,30-31,33-34H,19H2,1-5H3;2-12,17H,16H2,1H3;5-7,12,16H,8H2,1-4H3/q-1;;/t20-,26+;12-;/m11./s1. The second-order valence-electron chi connectivity index (χ2n) is 21.0. The largest absolute Gasteiger partial charge is 0.443 e. The lowest BCUT2D eigenvalue weighted by Gasteiger charge is -2.44. The number of benzene rings is 6. The van der Waals surface area contributed by atoms with Crippen molar-refractivity contribution in [3.63, 3.8) is 0 Å². The van der Waals surface area contributed by atoms with Gasteiger partial charge >= 0.3 is 0 Å². The molecule has 6 aromatic rings. The molecule has 0 amide bonds. The minimum absolute atomic E-state index is 0.0735. The maximum absolute atomic E-state index is 13.2. The van der Waals surface area contributed by atoms with Gasteiger partial charge in [0.25, 0.3) is 0 Å². The maximum atomic E-state index is 13.2. The van der Waals surface area contributed by atoms with Crippen LogP contribution in [-0.4, -0.2) is 50.9 Å². The second-order valence-corrected chi connectivity index (χ2v) is 22.8. The highest BCUT2D eigenvalue weighted by molar-refractivity contribution is 7.81. The Balaban J connectivity index is 0.000000175. The lowest BCUT2D eigenvalue weighted by molar-refractivity contribution is -0.216. The minimum Gasteiger partial charge on any atom is -0.443 e. The van der Waals surface area contributed by atoms with Crippen LogP contribution in [0.1, 0.15) is 137 Å². The Morgan fingerprint density at radius 2 is 1.03 bits per heavy atom. The number of rotatable bonds is 12. The molecule has 0 saturated carbocycles. The summed E-state index contributed by atoms with van der Waals surface area (Å²) in [6.45, 7) is 21.0. The first-order chi connectivity index (χ1) is 32.9. The first-order valence-corrected chi connectivity index (χ1v) is 25.7. The molecule has 1 fully saturated rings. The molecule has 1 unspecified atom stereocenters. The highest BCUT2D eigenvalue weighted by atomic mass is 32.2. The van der Waals surface area contributed by atoms with Gasteiger partial charge < -0.3 is 40.3 Å². The van der Waals surface area contributed by atoms with E-state index in [1.807, 2.05) is 171 Å². The molecular formula is C58H72N5O5S2-. The molecule has 0 radical (unpaired) electrons. The van der Waals surface area contributed by atoms with E-state index in [-0.39, 0.29) is 29.8 Å². The summed E-state index contributed by atoms with van der Waals surface area (Å²) in [4.78, 5) is 0. The van der Waals surface area contributed by atoms with Gasteiger partial charge in [0.2, 0.25) is 0 Å². The number of ether oxygens (including phenoxy) is 1. The van der Waals surface area contributed by atoms with Gasteiger partial charge in [0.1, 0.15) is 6.10 Å². The molecule has 372 valence electrons. The molecule has 3 aliphatic heterocycles. The SMILES string of the molecule is CC1(C)c2ccc(C3CO3)cc2C(C)(C)N1O.C[C@@H](N)C(S)(c1ccccc1)c1ccccc1.C[C@@H](NC[C@H](O)c1ccc2c(c1)C(C)(C)N(O)C2(C)C)C(c1ccccc1)(c1ccccc1)[S-](=N)=O. The maximum Gasteiger partial charge on any atom is 0.106 e. The topological polar surface area (TPSA) is 159 Å². The summed E-state index contributed by atoms with van der Waals surface area (Å²) in [7, 11) is -2.00. The fraction of sp³-hybridized carbons (Fsp3) is 0.379. The average molecular weight is 983 g/mol. The summed E-state index contributed by atoms with van der Waals surface area (Å²) in [6.07, 6.45) is -0.556. The van der Waals surface area contributed by atoms with Crippen LogP contribution >= 0.6 is 12.6 Å². The number of fused-ring (bicyclic) bond motifs is 2. The van der Waals surface area contributed by atoms with Gasteiger partial charge in [-0.15, -0.1) is 0 Å². The van der Waals surface area contributed by atoms with Gasteiger partial charge in [-0.1, -0.05) is 176 Å². The molecule has 0 spiro atoms. The summed E-state index contributed by atoms with van der Waals surface area (Å²) in [6, 6.07) is 51.1. The van der Waals surface area contributed by atoms with Crippen LogP contribution in [0.25, 0.3) is 0 Å². The van der Waals surface area contributed by atoms with Gasteiger partial charge in [-0.25, -0.2) is 0 Å². The Bertz CT molecular complexity index is 2710. The molecule has 1 saturated heterocycles. The minimum atomic E-state index is -2.00. The van der Waals surface area contributed by atoms with E-state index in [4.69, 9.17) is 27.9 Å². The van der Waals surface area contributed by atoms with Gasteiger partial charge in [-0.3, -0.25) is 0 Å². The Hall–Kier alpha value is -4.70. The number of hydroxylamine groups is 4. The molecule has 9 rings (SSSR count). The van der Waals surface area contributed by atoms with Crippen LogP contribution in [0, 0.1) is 4.78 Å². The Morgan fingerprint density at radius 3 is 1.41 bits per heavy atom. The van der Waals surface area contributed by atoms with Crippen molar-refractivity contribution >= 4 is 23.2 Å². The monoisotopic (exact) mass is 982 g/mol. The Labute approximate surface area is 423 Å². The molecule has 3 aliphatic rings. The van der Waals surface area contributed by atoms with Crippen molar-refractivity contribution in [2.24, 2.45) is 5.73 Å². The zero-order valence-corrected chi connectivity index (χ0v) is 43.9. The summed E-state index contributed by atoms with van der Waals surface area (Å²) < 4.78 is 25.4. The van der Waals surface area contributed by atoms with Crippen molar-refractivity contribution in [2.75, 3.05) is 13.2 Å². The molecule has 70 heavy (non-hydrogen) atoms. The van der Waals surface area contributed by atoms with Gasteiger partial charge in [0, 0.05) is 18.6 Å². The van der Waals surface area contributed by atoms with E-state index in [0.717, 1.165) is 45.6 Å². The van der Waals surface area contributed by atoms with Crippen molar-refractivity contribution in [3.05, 3.63) is 213 Å². The third kappa shape index (κ3) is 9.68. The third-order valence-corrected chi connectivity index (χ3v) is 17.3. The zero-order chi connectivity index (χ0) is 51.0. The van der Waals surface area contributed by atoms with Crippen molar-refractivity contribution in [1.82, 2.24) is 15.4 Å². The number of aliphatic hydroxyl groups excluding tert-OH is 1. The van der Waals surface area contributed by atoms with Crippen LogP contribution in [0.5, 0.6) is 0 Å². The van der Waals surface area contributed by atoms with E-state index >= 15 is 0 Å². The molecule has 3 heterocycles. The quantitative estimate of drug-likeness (QED) is 0.0360. The first-order valence-electron chi connectivity index (χ1n) is 24.1.